The lowest BCUT2D eigenvalue weighted by atomic mass is 9.89. The minimum absolute atomic E-state index is 0.206. The summed E-state index contributed by atoms with van der Waals surface area (Å²) in [7, 11) is 0. The molecule has 4 heteroatoms. The van der Waals surface area contributed by atoms with Crippen molar-refractivity contribution in [2.45, 2.75) is 44.8 Å². The highest BCUT2D eigenvalue weighted by Crippen LogP contribution is 2.25. The summed E-state index contributed by atoms with van der Waals surface area (Å²) in [5, 5.41) is 9.89. The molecule has 0 radical (unpaired) electrons. The van der Waals surface area contributed by atoms with Crippen molar-refractivity contribution in [1.82, 2.24) is 0 Å². The van der Waals surface area contributed by atoms with E-state index >= 15 is 0 Å². The zero-order chi connectivity index (χ0) is 14.4. The van der Waals surface area contributed by atoms with E-state index < -0.39 is 6.10 Å². The van der Waals surface area contributed by atoms with E-state index in [4.69, 9.17) is 15.2 Å². The Kier molecular flexibility index (Phi) is 5.68. The van der Waals surface area contributed by atoms with Crippen molar-refractivity contribution in [1.29, 1.82) is 0 Å². The topological polar surface area (TPSA) is 64.7 Å². The summed E-state index contributed by atoms with van der Waals surface area (Å²) in [6, 6.07) is 7.29. The van der Waals surface area contributed by atoms with Crippen LogP contribution < -0.4 is 10.5 Å². The van der Waals surface area contributed by atoms with E-state index in [0.717, 1.165) is 18.8 Å². The number of aliphatic hydroxyl groups excluding tert-OH is 1. The summed E-state index contributed by atoms with van der Waals surface area (Å²) in [6.07, 6.45) is 4.31. The number of rotatable bonds is 6. The average Bonchev–Trinajstić information content (AvgIpc) is 2.46. The molecule has 4 nitrogen and oxygen atoms in total. The van der Waals surface area contributed by atoms with Crippen LogP contribution in [-0.4, -0.2) is 30.5 Å². The minimum Gasteiger partial charge on any atom is -0.489 e. The zero-order valence-electron chi connectivity index (χ0n) is 12.1. The first-order valence-electron chi connectivity index (χ1n) is 7.42. The quantitative estimate of drug-likeness (QED) is 0.786. The Bertz CT molecular complexity index is 402. The fourth-order valence-corrected chi connectivity index (χ4v) is 2.49. The summed E-state index contributed by atoms with van der Waals surface area (Å²) in [5.41, 5.74) is 6.36. The van der Waals surface area contributed by atoms with Crippen LogP contribution in [-0.2, 0) is 4.74 Å². The molecule has 0 aliphatic heterocycles. The molecular formula is C16H25NO3. The van der Waals surface area contributed by atoms with Crippen LogP contribution in [0.2, 0.25) is 0 Å². The summed E-state index contributed by atoms with van der Waals surface area (Å²) in [6.45, 7) is 2.81. The molecule has 0 saturated heterocycles. The van der Waals surface area contributed by atoms with Gasteiger partial charge in [0.2, 0.25) is 0 Å². The van der Waals surface area contributed by atoms with E-state index in [1.54, 1.807) is 12.1 Å². The smallest absolute Gasteiger partial charge is 0.142 e. The van der Waals surface area contributed by atoms with E-state index in [2.05, 4.69) is 6.92 Å². The molecule has 2 rings (SSSR count). The van der Waals surface area contributed by atoms with Gasteiger partial charge in [0.25, 0.3) is 0 Å². The number of hydrogen-bond acceptors (Lipinski definition) is 4. The van der Waals surface area contributed by atoms with Crippen LogP contribution in [0.1, 0.15) is 32.6 Å². The molecule has 1 atom stereocenters. The predicted molar refractivity (Wildman–Crippen MR) is 79.7 cm³/mol. The van der Waals surface area contributed by atoms with E-state index in [-0.39, 0.29) is 6.61 Å². The molecule has 0 aromatic heterocycles. The molecule has 0 amide bonds. The third-order valence-electron chi connectivity index (χ3n) is 3.84. The number of hydrogen-bond donors (Lipinski definition) is 2. The van der Waals surface area contributed by atoms with Gasteiger partial charge in [0.15, 0.2) is 0 Å². The highest BCUT2D eigenvalue weighted by Gasteiger charge is 2.19. The van der Waals surface area contributed by atoms with Crippen LogP contribution in [0.4, 0.5) is 5.69 Å². The summed E-state index contributed by atoms with van der Waals surface area (Å²) < 4.78 is 11.3. The Morgan fingerprint density at radius 2 is 1.90 bits per heavy atom. The van der Waals surface area contributed by atoms with Crippen LogP contribution in [0.5, 0.6) is 5.75 Å². The number of benzene rings is 1. The molecule has 0 spiro atoms. The Morgan fingerprint density at radius 3 is 2.60 bits per heavy atom. The van der Waals surface area contributed by atoms with Gasteiger partial charge in [0, 0.05) is 0 Å². The largest absolute Gasteiger partial charge is 0.489 e. The molecule has 0 bridgehead atoms. The van der Waals surface area contributed by atoms with Gasteiger partial charge < -0.3 is 20.3 Å². The second-order valence-corrected chi connectivity index (χ2v) is 5.72. The molecule has 1 unspecified atom stereocenters. The second kappa shape index (κ2) is 7.50. The van der Waals surface area contributed by atoms with Gasteiger partial charge in [-0.1, -0.05) is 19.1 Å². The SMILES string of the molecule is CC1CCC(OCC(O)COc2ccccc2N)CC1. The van der Waals surface area contributed by atoms with Crippen molar-refractivity contribution < 1.29 is 14.6 Å². The fourth-order valence-electron chi connectivity index (χ4n) is 2.49. The summed E-state index contributed by atoms with van der Waals surface area (Å²) in [5.74, 6) is 1.42. The highest BCUT2D eigenvalue weighted by molar-refractivity contribution is 5.51. The van der Waals surface area contributed by atoms with Gasteiger partial charge in [-0.2, -0.15) is 0 Å². The molecule has 112 valence electrons. The van der Waals surface area contributed by atoms with Crippen LogP contribution in [0.3, 0.4) is 0 Å². The molecule has 1 saturated carbocycles. The number of aliphatic hydroxyl groups is 1. The Balaban J connectivity index is 1.65. The first-order valence-corrected chi connectivity index (χ1v) is 7.42. The predicted octanol–water partition coefficient (Wildman–Crippen LogP) is 2.60. The molecule has 1 aliphatic rings. The lowest BCUT2D eigenvalue weighted by Gasteiger charge is -2.27. The zero-order valence-corrected chi connectivity index (χ0v) is 12.1. The molecule has 20 heavy (non-hydrogen) atoms. The van der Waals surface area contributed by atoms with Gasteiger partial charge >= 0.3 is 0 Å². The lowest BCUT2D eigenvalue weighted by molar-refractivity contribution is -0.0402. The molecule has 1 aliphatic carbocycles. The van der Waals surface area contributed by atoms with E-state index in [1.165, 1.54) is 12.8 Å². The van der Waals surface area contributed by atoms with Gasteiger partial charge in [-0.3, -0.25) is 0 Å². The number of nitrogen functional groups attached to an aromatic ring is 1. The Morgan fingerprint density at radius 1 is 1.20 bits per heavy atom. The maximum absolute atomic E-state index is 9.89. The van der Waals surface area contributed by atoms with Crippen molar-refractivity contribution in [3.63, 3.8) is 0 Å². The first-order chi connectivity index (χ1) is 9.65. The van der Waals surface area contributed by atoms with Gasteiger partial charge in [-0.25, -0.2) is 0 Å². The third-order valence-corrected chi connectivity index (χ3v) is 3.84. The number of para-hydroxylation sites is 2. The maximum atomic E-state index is 9.89. The fraction of sp³-hybridized carbons (Fsp3) is 0.625. The average molecular weight is 279 g/mol. The Labute approximate surface area is 120 Å². The molecule has 0 heterocycles. The van der Waals surface area contributed by atoms with Gasteiger partial charge in [0.05, 0.1) is 18.4 Å². The van der Waals surface area contributed by atoms with Gasteiger partial charge in [0.1, 0.15) is 18.5 Å². The van der Waals surface area contributed by atoms with E-state index in [9.17, 15) is 5.11 Å². The number of anilines is 1. The van der Waals surface area contributed by atoms with Gasteiger partial charge in [-0.15, -0.1) is 0 Å². The van der Waals surface area contributed by atoms with E-state index in [1.807, 2.05) is 12.1 Å². The van der Waals surface area contributed by atoms with Crippen molar-refractivity contribution >= 4 is 5.69 Å². The van der Waals surface area contributed by atoms with Crippen LogP contribution >= 0.6 is 0 Å². The molecular weight excluding hydrogens is 254 g/mol. The molecule has 1 aromatic carbocycles. The molecule has 3 N–H and O–H groups in total. The normalized spacial score (nSPS) is 24.3. The standard InChI is InChI=1S/C16H25NO3/c1-12-6-8-14(9-7-12)19-10-13(18)11-20-16-5-3-2-4-15(16)17/h2-5,12-14,18H,6-11,17H2,1H3. The lowest BCUT2D eigenvalue weighted by Crippen LogP contribution is -2.28. The van der Waals surface area contributed by atoms with Crippen LogP contribution in [0.25, 0.3) is 0 Å². The summed E-state index contributed by atoms with van der Waals surface area (Å²) >= 11 is 0. The highest BCUT2D eigenvalue weighted by atomic mass is 16.5. The van der Waals surface area contributed by atoms with E-state index in [0.29, 0.717) is 24.1 Å². The number of nitrogens with two attached hydrogens (primary N) is 1. The maximum Gasteiger partial charge on any atom is 0.142 e. The Hall–Kier alpha value is -1.26. The van der Waals surface area contributed by atoms with Crippen LogP contribution in [0.15, 0.2) is 24.3 Å². The number of ether oxygens (including phenoxy) is 2. The second-order valence-electron chi connectivity index (χ2n) is 5.72. The minimum atomic E-state index is -0.617. The monoisotopic (exact) mass is 279 g/mol. The molecule has 1 aromatic rings. The van der Waals surface area contributed by atoms with Crippen molar-refractivity contribution in [3.05, 3.63) is 24.3 Å². The first kappa shape index (κ1) is 15.1. The summed E-state index contributed by atoms with van der Waals surface area (Å²) in [4.78, 5) is 0. The van der Waals surface area contributed by atoms with Crippen molar-refractivity contribution in [3.8, 4) is 5.75 Å². The third kappa shape index (κ3) is 4.69. The van der Waals surface area contributed by atoms with Crippen LogP contribution in [0, 0.1) is 5.92 Å². The van der Waals surface area contributed by atoms with Crippen molar-refractivity contribution in [2.24, 2.45) is 5.92 Å². The van der Waals surface area contributed by atoms with Crippen molar-refractivity contribution in [2.75, 3.05) is 18.9 Å². The molecule has 1 fully saturated rings. The van der Waals surface area contributed by atoms with Gasteiger partial charge in [-0.05, 0) is 43.7 Å².